The van der Waals surface area contributed by atoms with Crippen LogP contribution in [-0.2, 0) is 121 Å². The minimum Gasteiger partial charge on any atom is -0.296 e. The number of aromatic nitrogens is 12. The molecular weight excluding hydrogens is 2170 g/mol. The molecule has 0 aliphatic rings. The van der Waals surface area contributed by atoms with Gasteiger partial charge in [-0.1, -0.05) is 127 Å². The van der Waals surface area contributed by atoms with E-state index < -0.39 is 50.8 Å². The molecule has 16 rings (SSSR count). The van der Waals surface area contributed by atoms with Crippen molar-refractivity contribution in [2.24, 2.45) is 0 Å². The zero-order valence-corrected chi connectivity index (χ0v) is 68.3. The number of nitrogens with zero attached hydrogens (tertiary/aromatic N) is 12. The molecule has 8 aromatic heterocycles. The van der Waals surface area contributed by atoms with E-state index in [9.17, 15) is 33.7 Å². The second-order valence-corrected chi connectivity index (χ2v) is 26.1. The van der Waals surface area contributed by atoms with Crippen LogP contribution >= 0.6 is 0 Å². The van der Waals surface area contributed by atoms with Gasteiger partial charge in [0, 0.05) is 105 Å². The first-order valence-corrected chi connectivity index (χ1v) is 36.2. The first-order chi connectivity index (χ1) is 50.2. The van der Waals surface area contributed by atoms with Gasteiger partial charge in [-0.3, -0.25) is 38.1 Å². The van der Waals surface area contributed by atoms with Gasteiger partial charge in [0.1, 0.15) is 19.0 Å². The van der Waals surface area contributed by atoms with Crippen LogP contribution in [0.3, 0.4) is 0 Å². The molecule has 0 aliphatic heterocycles. The van der Waals surface area contributed by atoms with Crippen LogP contribution in [-0.4, -0.2) is 112 Å². The second kappa shape index (κ2) is 44.3. The molecule has 0 aliphatic carbocycles. The van der Waals surface area contributed by atoms with Gasteiger partial charge in [-0.25, -0.2) is 39.9 Å². The van der Waals surface area contributed by atoms with Crippen molar-refractivity contribution in [3.05, 3.63) is 341 Å². The van der Waals surface area contributed by atoms with Gasteiger partial charge in [-0.05, 0) is 92.9 Å². The average molecular weight is 2230 g/mol. The quantitative estimate of drug-likeness (QED) is 0.0475. The Morgan fingerprint density at radius 2 is 0.528 bits per heavy atom. The van der Waals surface area contributed by atoms with Crippen LogP contribution in [0.4, 0.5) is 0 Å². The Morgan fingerprint density at radius 3 is 0.769 bits per heavy atom. The van der Waals surface area contributed by atoms with E-state index in [0.29, 0.717) is 0 Å². The second-order valence-electron chi connectivity index (χ2n) is 20.7. The molecule has 4 N–H and O–H groups in total. The largest absolute Gasteiger partial charge is 0.330 e. The molecule has 0 saturated heterocycles. The van der Waals surface area contributed by atoms with E-state index in [1.54, 1.807) is 6.07 Å². The molecule has 556 valence electrons. The van der Waals surface area contributed by atoms with Crippen LogP contribution in [0.1, 0.15) is 0 Å². The van der Waals surface area contributed by atoms with Gasteiger partial charge in [0.05, 0.1) is 22.1 Å². The van der Waals surface area contributed by atoms with Gasteiger partial charge in [-0.2, -0.15) is 33.7 Å². The summed E-state index contributed by atoms with van der Waals surface area (Å²) in [5.74, 6) is 0. The summed E-state index contributed by atoms with van der Waals surface area (Å²) in [6, 6.07) is 100. The number of hydrogen-bond acceptors (Lipinski definition) is 20. The number of benzene rings is 8. The van der Waals surface area contributed by atoms with E-state index in [-0.39, 0.29) is 90.5 Å². The molecule has 0 amide bonds. The SMILES string of the molecule is O=S(=O)(O)c1ccccn1.O=S(=O)(O)c1ccncn1.O=S(=O)(O)c1ncccn1.O=S(=O)(O)c1ncncn1.[Ir].[Ir].[Ir].[Ir].[c-]1ccccc1-c1ccc2ccccc2n1.[c-]1ccccc1-c1ccc2ccccc2n1.[c-]1ccccc1-c1ccc2ccccc2n1.[c-]1ccccc1-c1ccc2ccccc2n1. The third-order valence-corrected chi connectivity index (χ3v) is 16.4. The summed E-state index contributed by atoms with van der Waals surface area (Å²) in [7, 11) is -16.8. The summed E-state index contributed by atoms with van der Waals surface area (Å²) in [5, 5.41) is 2.75. The Morgan fingerprint density at radius 1 is 0.241 bits per heavy atom. The van der Waals surface area contributed by atoms with Gasteiger partial charge >= 0.3 is 40.5 Å². The predicted molar refractivity (Wildman–Crippen MR) is 391 cm³/mol. The number of hydrogen-bond donors (Lipinski definition) is 4. The molecule has 8 aromatic carbocycles. The van der Waals surface area contributed by atoms with Crippen molar-refractivity contribution in [2.75, 3.05) is 0 Å². The molecule has 0 atom stereocenters. The summed E-state index contributed by atoms with van der Waals surface area (Å²) >= 11 is 0. The molecular formula is C76H56Ir4N12O12S4-4. The van der Waals surface area contributed by atoms with Crippen molar-refractivity contribution >= 4 is 84.1 Å². The summed E-state index contributed by atoms with van der Waals surface area (Å²) in [4.78, 5) is 45.0. The van der Waals surface area contributed by atoms with Crippen molar-refractivity contribution in [1.29, 1.82) is 0 Å². The minimum absolute atomic E-state index is 0. The van der Waals surface area contributed by atoms with E-state index in [4.69, 9.17) is 18.2 Å². The van der Waals surface area contributed by atoms with Crippen LogP contribution in [0.2, 0.25) is 0 Å². The predicted octanol–water partition coefficient (Wildman–Crippen LogP) is 13.7. The smallest absolute Gasteiger partial charge is 0.296 e. The fraction of sp³-hybridized carbons (Fsp3) is 0. The summed E-state index contributed by atoms with van der Waals surface area (Å²) in [6.07, 6.45) is 8.00. The van der Waals surface area contributed by atoms with E-state index in [0.717, 1.165) is 92.1 Å². The molecule has 24 nitrogen and oxygen atoms in total. The first-order valence-electron chi connectivity index (χ1n) is 30.4. The van der Waals surface area contributed by atoms with Gasteiger partial charge in [0.15, 0.2) is 10.1 Å². The molecule has 0 unspecified atom stereocenters. The fourth-order valence-electron chi connectivity index (χ4n) is 8.79. The van der Waals surface area contributed by atoms with Crippen LogP contribution in [0.25, 0.3) is 88.6 Å². The Labute approximate surface area is 676 Å². The van der Waals surface area contributed by atoms with Crippen molar-refractivity contribution < 1.29 is 132 Å². The Kier molecular flexibility index (Phi) is 36.3. The fourth-order valence-corrected chi connectivity index (χ4v) is 10.4. The van der Waals surface area contributed by atoms with Gasteiger partial charge < -0.3 is 0 Å². The van der Waals surface area contributed by atoms with Crippen molar-refractivity contribution in [1.82, 2.24) is 59.8 Å². The Bertz CT molecular complexity index is 5160. The van der Waals surface area contributed by atoms with Crippen LogP contribution in [0.5, 0.6) is 0 Å². The molecule has 16 aromatic rings. The number of para-hydroxylation sites is 4. The normalized spacial score (nSPS) is 10.4. The van der Waals surface area contributed by atoms with Crippen molar-refractivity contribution in [2.45, 2.75) is 20.4 Å². The zero-order valence-electron chi connectivity index (χ0n) is 55.4. The molecule has 32 heteroatoms. The topological polar surface area (TPSA) is 372 Å². The molecule has 4 radical (unpaired) electrons. The monoisotopic (exact) mass is 2230 g/mol. The summed E-state index contributed by atoms with van der Waals surface area (Å²) < 4.78 is 116. The Hall–Kier alpha value is -10.0. The molecule has 0 spiro atoms. The number of pyridine rings is 5. The van der Waals surface area contributed by atoms with Crippen LogP contribution < -0.4 is 0 Å². The molecule has 8 heterocycles. The maximum absolute atomic E-state index is 10.3. The van der Waals surface area contributed by atoms with Gasteiger partial charge in [-0.15, -0.1) is 144 Å². The van der Waals surface area contributed by atoms with E-state index in [1.807, 2.05) is 194 Å². The first kappa shape index (κ1) is 88.6. The number of rotatable bonds is 8. The van der Waals surface area contributed by atoms with Crippen LogP contribution in [0.15, 0.2) is 337 Å². The maximum Gasteiger partial charge on any atom is 0.330 e. The standard InChI is InChI=1S/4C15H10N.C5H5NO3S.2C4H4N2O3S.C3H3N3O3S.4Ir/c4*1-2-6-12(7-3-1)15-11-10-13-8-4-5-9-14(13)16-15;7-10(8,9)5-3-1-2-4-6-5;7-10(8,9)4-1-2-5-3-6-4;7-10(8,9)4-5-2-1-3-6-4;7-10(8,9)3-5-1-4-2-6-3;;;;/h4*1-6,8-11H;1-4H,(H,7,8,9);2*1-3H,(H,7,8,9);1-2H,(H,7,8,9);;;;/q4*-1;;;;;;;;. The molecule has 0 saturated carbocycles. The summed E-state index contributed by atoms with van der Waals surface area (Å²) in [5.41, 5.74) is 12.1. The summed E-state index contributed by atoms with van der Waals surface area (Å²) in [6.45, 7) is 0. The van der Waals surface area contributed by atoms with Crippen LogP contribution in [0, 0.1) is 24.3 Å². The van der Waals surface area contributed by atoms with E-state index >= 15 is 0 Å². The third-order valence-electron chi connectivity index (χ3n) is 13.5. The van der Waals surface area contributed by atoms with Crippen molar-refractivity contribution in [3.8, 4) is 45.0 Å². The van der Waals surface area contributed by atoms with E-state index in [1.165, 1.54) is 64.5 Å². The average Bonchev–Trinajstić information content (AvgIpc) is 0.836. The van der Waals surface area contributed by atoms with E-state index in [2.05, 4.69) is 133 Å². The minimum atomic E-state index is -4.27. The molecule has 0 bridgehead atoms. The maximum atomic E-state index is 10.3. The van der Waals surface area contributed by atoms with Gasteiger partial charge in [0.2, 0.25) is 0 Å². The zero-order chi connectivity index (χ0) is 73.6. The van der Waals surface area contributed by atoms with Crippen molar-refractivity contribution in [3.63, 3.8) is 0 Å². The third kappa shape index (κ3) is 28.6. The van der Waals surface area contributed by atoms with Gasteiger partial charge in [0.25, 0.3) is 10.3 Å². The molecule has 0 fully saturated rings. The number of fused-ring (bicyclic) bond motifs is 4. The molecule has 108 heavy (non-hydrogen) atoms. The Balaban J connectivity index is 0.000000222.